The highest BCUT2D eigenvalue weighted by molar-refractivity contribution is 5.92. The molecule has 1 nitrogen and oxygen atoms in total. The van der Waals surface area contributed by atoms with Crippen LogP contribution < -0.4 is 4.74 Å². The molecular formula is C43H25F13O. The molecule has 0 radical (unpaired) electrons. The van der Waals surface area contributed by atoms with Crippen LogP contribution in [0, 0.1) is 82.8 Å². The molecule has 0 spiro atoms. The summed E-state index contributed by atoms with van der Waals surface area (Å²) in [5.41, 5.74) is -5.37. The predicted octanol–water partition coefficient (Wildman–Crippen LogP) is 13.3. The molecule has 0 bridgehead atoms. The summed E-state index contributed by atoms with van der Waals surface area (Å²) in [5, 5.41) is -1.29. The van der Waals surface area contributed by atoms with Crippen LogP contribution in [0.1, 0.15) is 54.0 Å². The number of fused-ring (bicyclic) bond motifs is 1. The first kappa shape index (κ1) is 40.7. The third kappa shape index (κ3) is 8.15. The second kappa shape index (κ2) is 15.9. The van der Waals surface area contributed by atoms with Gasteiger partial charge in [0.2, 0.25) is 0 Å². The van der Waals surface area contributed by atoms with Crippen molar-refractivity contribution in [2.75, 3.05) is 0 Å². The van der Waals surface area contributed by atoms with E-state index < -0.39 is 114 Å². The van der Waals surface area contributed by atoms with Crippen LogP contribution in [0.3, 0.4) is 0 Å². The molecule has 0 aliphatic rings. The summed E-state index contributed by atoms with van der Waals surface area (Å²) < 4.78 is 196. The molecule has 0 aromatic heterocycles. The Hall–Kier alpha value is -5.97. The van der Waals surface area contributed by atoms with Gasteiger partial charge in [-0.1, -0.05) is 31.6 Å². The smallest absolute Gasteiger partial charge is 0.429 e. The molecule has 0 unspecified atom stereocenters. The maximum atomic E-state index is 15.8. The molecule has 0 saturated carbocycles. The van der Waals surface area contributed by atoms with Crippen LogP contribution in [0.2, 0.25) is 0 Å². The topological polar surface area (TPSA) is 9.23 Å². The second-order valence-electron chi connectivity index (χ2n) is 13.0. The summed E-state index contributed by atoms with van der Waals surface area (Å²) in [5.74, 6) is -13.6. The van der Waals surface area contributed by atoms with Crippen LogP contribution >= 0.6 is 0 Å². The maximum absolute atomic E-state index is 15.8. The maximum Gasteiger partial charge on any atom is 0.429 e. The van der Waals surface area contributed by atoms with Gasteiger partial charge in [0.1, 0.15) is 57.9 Å². The molecule has 57 heavy (non-hydrogen) atoms. The van der Waals surface area contributed by atoms with Gasteiger partial charge in [0.05, 0.1) is 22.1 Å². The first-order valence-corrected chi connectivity index (χ1v) is 17.0. The average molecular weight is 805 g/mol. The normalized spacial score (nSPS) is 11.6. The monoisotopic (exact) mass is 804 g/mol. The number of aryl methyl sites for hydroxylation is 2. The fourth-order valence-electron chi connectivity index (χ4n) is 6.25. The quantitative estimate of drug-likeness (QED) is 0.0612. The Kier molecular flexibility index (Phi) is 11.3. The summed E-state index contributed by atoms with van der Waals surface area (Å²) in [6.07, 6.45) is -1.76. The highest BCUT2D eigenvalue weighted by Crippen LogP contribution is 2.39. The van der Waals surface area contributed by atoms with Gasteiger partial charge in [-0.3, -0.25) is 0 Å². The van der Waals surface area contributed by atoms with Crippen molar-refractivity contribution in [3.05, 3.63) is 159 Å². The zero-order chi connectivity index (χ0) is 41.5. The fraction of sp³-hybridized carbons (Fsp3) is 0.163. The van der Waals surface area contributed by atoms with E-state index in [1.807, 2.05) is 6.92 Å². The van der Waals surface area contributed by atoms with Crippen LogP contribution in [-0.4, -0.2) is 0 Å². The van der Waals surface area contributed by atoms with Crippen LogP contribution in [0.25, 0.3) is 33.0 Å². The number of hydrogen-bond donors (Lipinski definition) is 0. The van der Waals surface area contributed by atoms with E-state index in [1.54, 1.807) is 0 Å². The van der Waals surface area contributed by atoms with Crippen molar-refractivity contribution < 1.29 is 61.8 Å². The third-order valence-electron chi connectivity index (χ3n) is 9.02. The van der Waals surface area contributed by atoms with Crippen LogP contribution in [0.5, 0.6) is 5.75 Å². The molecule has 6 aromatic carbocycles. The summed E-state index contributed by atoms with van der Waals surface area (Å²) in [7, 11) is 0. The van der Waals surface area contributed by atoms with Crippen molar-refractivity contribution in [3.8, 4) is 39.8 Å². The number of hydrogen-bond acceptors (Lipinski definition) is 1. The van der Waals surface area contributed by atoms with Gasteiger partial charge in [-0.25, -0.2) is 48.3 Å². The van der Waals surface area contributed by atoms with Gasteiger partial charge < -0.3 is 4.74 Å². The second-order valence-corrected chi connectivity index (χ2v) is 13.0. The van der Waals surface area contributed by atoms with Gasteiger partial charge in [-0.2, -0.15) is 8.78 Å². The molecule has 0 atom stereocenters. The van der Waals surface area contributed by atoms with Crippen LogP contribution in [0.4, 0.5) is 57.1 Å². The Balaban J connectivity index is 1.30. The van der Waals surface area contributed by atoms with Crippen molar-refractivity contribution in [2.24, 2.45) is 0 Å². The minimum Gasteiger partial charge on any atom is -0.429 e. The van der Waals surface area contributed by atoms with Crippen molar-refractivity contribution in [3.63, 3.8) is 0 Å². The highest BCUT2D eigenvalue weighted by Gasteiger charge is 2.39. The molecule has 0 aliphatic carbocycles. The summed E-state index contributed by atoms with van der Waals surface area (Å²) in [6, 6.07) is 6.62. The Morgan fingerprint density at radius 2 is 1.12 bits per heavy atom. The molecule has 0 fully saturated rings. The lowest BCUT2D eigenvalue weighted by atomic mass is 9.94. The van der Waals surface area contributed by atoms with E-state index in [-0.39, 0.29) is 28.8 Å². The van der Waals surface area contributed by atoms with E-state index in [9.17, 15) is 26.3 Å². The van der Waals surface area contributed by atoms with Gasteiger partial charge in [-0.15, -0.1) is 0 Å². The summed E-state index contributed by atoms with van der Waals surface area (Å²) in [6.45, 7) is 3.12. The first-order valence-electron chi connectivity index (χ1n) is 17.0. The Morgan fingerprint density at radius 1 is 0.544 bits per heavy atom. The Bertz CT molecular complexity index is 2570. The van der Waals surface area contributed by atoms with Crippen molar-refractivity contribution in [1.29, 1.82) is 0 Å². The minimum atomic E-state index is -4.56. The number of unbranched alkanes of at least 4 members (excludes halogenated alkanes) is 2. The van der Waals surface area contributed by atoms with Crippen molar-refractivity contribution >= 4 is 10.8 Å². The fourth-order valence-corrected chi connectivity index (χ4v) is 6.25. The number of rotatable bonds is 9. The third-order valence-corrected chi connectivity index (χ3v) is 9.02. The largest absolute Gasteiger partial charge is 0.429 e. The van der Waals surface area contributed by atoms with E-state index in [1.165, 1.54) is 0 Å². The van der Waals surface area contributed by atoms with Crippen LogP contribution in [-0.2, 0) is 12.5 Å². The Labute approximate surface area is 316 Å². The molecule has 0 amide bonds. The van der Waals surface area contributed by atoms with Crippen molar-refractivity contribution in [2.45, 2.75) is 45.6 Å². The molecule has 14 heteroatoms. The SMILES string of the molecule is CCCCCc1cc(F)c(-c2cc(F)c3c(F)c(-c4cc(F)c(C#Cc5cc(F)c(C(F)(F)Oc6cc(F)c(F)c(F)c6)cc5C)c(F)c4)c(F)cc3c2)c(F)c1. The van der Waals surface area contributed by atoms with Crippen LogP contribution in [0.15, 0.2) is 66.7 Å². The van der Waals surface area contributed by atoms with Crippen molar-refractivity contribution in [1.82, 2.24) is 0 Å². The van der Waals surface area contributed by atoms with Gasteiger partial charge in [0.15, 0.2) is 17.5 Å². The molecule has 294 valence electrons. The average Bonchev–Trinajstić information content (AvgIpc) is 3.10. The number of ether oxygens (including phenoxy) is 1. The van der Waals surface area contributed by atoms with E-state index in [2.05, 4.69) is 16.6 Å². The number of benzene rings is 6. The Morgan fingerprint density at radius 3 is 1.74 bits per heavy atom. The van der Waals surface area contributed by atoms with Gasteiger partial charge >= 0.3 is 6.11 Å². The molecule has 6 rings (SSSR count). The molecule has 0 aliphatic heterocycles. The zero-order valence-electron chi connectivity index (χ0n) is 29.5. The lowest BCUT2D eigenvalue weighted by molar-refractivity contribution is -0.187. The van der Waals surface area contributed by atoms with E-state index >= 15 is 30.7 Å². The predicted molar refractivity (Wildman–Crippen MR) is 186 cm³/mol. The molecule has 0 N–H and O–H groups in total. The first-order chi connectivity index (χ1) is 26.9. The van der Waals surface area contributed by atoms with E-state index in [0.29, 0.717) is 54.8 Å². The van der Waals surface area contributed by atoms with Gasteiger partial charge in [0.25, 0.3) is 0 Å². The summed E-state index contributed by atoms with van der Waals surface area (Å²) in [4.78, 5) is 0. The number of alkyl halides is 2. The highest BCUT2D eigenvalue weighted by atomic mass is 19.3. The number of halogens is 13. The molecule has 6 aromatic rings. The van der Waals surface area contributed by atoms with E-state index in [4.69, 9.17) is 0 Å². The standard InChI is InChI=1S/C43H25F13O/c1-3-4-5-6-21-10-32(47)38(33(48)11-21)23-12-24-17-35(50)40(42(54)39(24)34(49)16-23)25-14-29(44)27(30(45)15-25)8-7-22-13-31(46)28(9-20(22)2)43(55,56)57-26-18-36(51)41(53)37(52)19-26/h9-19H,3-6H2,1-2H3. The molecular weight excluding hydrogens is 779 g/mol. The lowest BCUT2D eigenvalue weighted by Crippen LogP contribution is -2.24. The molecule has 0 saturated heterocycles. The lowest BCUT2D eigenvalue weighted by Gasteiger charge is -2.20. The van der Waals surface area contributed by atoms with Gasteiger partial charge in [0, 0.05) is 17.7 Å². The summed E-state index contributed by atoms with van der Waals surface area (Å²) >= 11 is 0. The zero-order valence-corrected chi connectivity index (χ0v) is 29.5. The minimum absolute atomic E-state index is 0.115. The van der Waals surface area contributed by atoms with E-state index in [0.717, 1.165) is 38.0 Å². The van der Waals surface area contributed by atoms with Gasteiger partial charge in [-0.05, 0) is 102 Å². The molecule has 0 heterocycles.